The lowest BCUT2D eigenvalue weighted by atomic mass is 10.1. The highest BCUT2D eigenvalue weighted by atomic mass is 16.2. The molecule has 0 bridgehead atoms. The van der Waals surface area contributed by atoms with Crippen LogP contribution in [0.5, 0.6) is 0 Å². The molecule has 2 aromatic heterocycles. The highest BCUT2D eigenvalue weighted by Crippen LogP contribution is 2.16. The minimum absolute atomic E-state index is 0.250. The van der Waals surface area contributed by atoms with E-state index in [0.29, 0.717) is 17.0 Å². The summed E-state index contributed by atoms with van der Waals surface area (Å²) >= 11 is 0. The molecule has 1 amide bonds. The third kappa shape index (κ3) is 3.77. The van der Waals surface area contributed by atoms with Gasteiger partial charge in [0.2, 0.25) is 0 Å². The zero-order valence-corrected chi connectivity index (χ0v) is 15.6. The number of aromatic amines is 2. The minimum Gasteiger partial charge on any atom is -0.295 e. The van der Waals surface area contributed by atoms with Crippen molar-refractivity contribution in [2.45, 2.75) is 6.92 Å². The number of hydrogen-bond donors (Lipinski definition) is 3. The summed E-state index contributed by atoms with van der Waals surface area (Å²) in [6, 6.07) is 20.4. The number of nitrogens with one attached hydrogen (secondary N) is 3. The first-order valence-corrected chi connectivity index (χ1v) is 8.95. The number of hydrogen-bond acceptors (Lipinski definition) is 4. The Kier molecular flexibility index (Phi) is 4.90. The van der Waals surface area contributed by atoms with Gasteiger partial charge in [0.05, 0.1) is 23.2 Å². The molecule has 0 fully saturated rings. The van der Waals surface area contributed by atoms with Gasteiger partial charge in [0.25, 0.3) is 11.5 Å². The fourth-order valence-electron chi connectivity index (χ4n) is 2.88. The third-order valence-electron chi connectivity index (χ3n) is 4.38. The van der Waals surface area contributed by atoms with Gasteiger partial charge in [-0.15, -0.1) is 0 Å². The van der Waals surface area contributed by atoms with E-state index in [2.05, 4.69) is 25.8 Å². The van der Waals surface area contributed by atoms with Crippen LogP contribution in [0.1, 0.15) is 21.7 Å². The largest absolute Gasteiger partial charge is 0.295 e. The Hall–Kier alpha value is -4.20. The number of benzene rings is 2. The summed E-state index contributed by atoms with van der Waals surface area (Å²) in [5, 5.41) is 13.8. The average molecular weight is 386 g/mol. The second-order valence-corrected chi connectivity index (χ2v) is 6.36. The van der Waals surface area contributed by atoms with Gasteiger partial charge in [-0.25, -0.2) is 10.1 Å². The summed E-state index contributed by atoms with van der Waals surface area (Å²) in [6.45, 7) is 1.77. The third-order valence-corrected chi connectivity index (χ3v) is 4.38. The Morgan fingerprint density at radius 1 is 1.10 bits per heavy atom. The standard InChI is InChI=1S/C21H18N6O2/c1-14-17(21(29)27(26-14)16-10-6-3-7-11-16)13-22-25-20(28)19-12-18(23-24-19)15-8-4-2-5-9-15/h2-13,26H,1H3,(H,23,24)(H,25,28)/b22-13-. The van der Waals surface area contributed by atoms with E-state index in [-0.39, 0.29) is 11.3 Å². The van der Waals surface area contributed by atoms with Crippen LogP contribution in [-0.2, 0) is 0 Å². The number of aromatic nitrogens is 4. The maximum absolute atomic E-state index is 12.6. The van der Waals surface area contributed by atoms with Crippen LogP contribution in [-0.4, -0.2) is 32.1 Å². The molecule has 8 nitrogen and oxygen atoms in total. The van der Waals surface area contributed by atoms with Gasteiger partial charge in [0.15, 0.2) is 0 Å². The minimum atomic E-state index is -0.451. The molecular weight excluding hydrogens is 368 g/mol. The molecule has 2 heterocycles. The topological polar surface area (TPSA) is 108 Å². The van der Waals surface area contributed by atoms with Crippen molar-refractivity contribution in [1.29, 1.82) is 0 Å². The van der Waals surface area contributed by atoms with Crippen LogP contribution in [0.25, 0.3) is 16.9 Å². The van der Waals surface area contributed by atoms with Crippen LogP contribution in [0.15, 0.2) is 76.6 Å². The fraction of sp³-hybridized carbons (Fsp3) is 0.0476. The van der Waals surface area contributed by atoms with Crippen LogP contribution in [0.2, 0.25) is 0 Å². The number of rotatable bonds is 5. The number of para-hydroxylation sites is 1. The van der Waals surface area contributed by atoms with Gasteiger partial charge < -0.3 is 0 Å². The van der Waals surface area contributed by atoms with Gasteiger partial charge in [0.1, 0.15) is 5.69 Å². The van der Waals surface area contributed by atoms with Crippen molar-refractivity contribution in [3.8, 4) is 16.9 Å². The van der Waals surface area contributed by atoms with Gasteiger partial charge in [-0.2, -0.15) is 10.2 Å². The van der Waals surface area contributed by atoms with Crippen LogP contribution >= 0.6 is 0 Å². The second kappa shape index (κ2) is 7.81. The maximum Gasteiger partial charge on any atom is 0.289 e. The van der Waals surface area contributed by atoms with Crippen LogP contribution in [0, 0.1) is 6.92 Å². The smallest absolute Gasteiger partial charge is 0.289 e. The van der Waals surface area contributed by atoms with Crippen molar-refractivity contribution < 1.29 is 4.79 Å². The molecule has 4 rings (SSSR count). The molecule has 4 aromatic rings. The predicted molar refractivity (Wildman–Crippen MR) is 110 cm³/mol. The van der Waals surface area contributed by atoms with Gasteiger partial charge in [-0.05, 0) is 25.1 Å². The summed E-state index contributed by atoms with van der Waals surface area (Å²) in [5.74, 6) is -0.451. The second-order valence-electron chi connectivity index (χ2n) is 6.36. The molecule has 0 aliphatic heterocycles. The summed E-state index contributed by atoms with van der Waals surface area (Å²) in [4.78, 5) is 24.9. The number of nitrogens with zero attached hydrogens (tertiary/aromatic N) is 3. The maximum atomic E-state index is 12.6. The first-order chi connectivity index (χ1) is 14.1. The van der Waals surface area contributed by atoms with Crippen molar-refractivity contribution in [3.63, 3.8) is 0 Å². The van der Waals surface area contributed by atoms with Crippen molar-refractivity contribution >= 4 is 12.1 Å². The molecule has 0 spiro atoms. The molecule has 0 unspecified atom stereocenters. The summed E-state index contributed by atoms with van der Waals surface area (Å²) < 4.78 is 1.43. The zero-order valence-electron chi connectivity index (χ0n) is 15.6. The molecule has 0 atom stereocenters. The van der Waals surface area contributed by atoms with Crippen molar-refractivity contribution in [3.05, 3.63) is 94.0 Å². The first kappa shape index (κ1) is 18.2. The molecule has 29 heavy (non-hydrogen) atoms. The Balaban J connectivity index is 1.48. The lowest BCUT2D eigenvalue weighted by Gasteiger charge is -1.99. The van der Waals surface area contributed by atoms with Crippen LogP contribution < -0.4 is 11.0 Å². The first-order valence-electron chi connectivity index (χ1n) is 8.95. The van der Waals surface area contributed by atoms with Crippen molar-refractivity contribution in [1.82, 2.24) is 25.4 Å². The van der Waals surface area contributed by atoms with E-state index in [4.69, 9.17) is 0 Å². The Bertz CT molecular complexity index is 1220. The molecule has 0 aliphatic carbocycles. The summed E-state index contributed by atoms with van der Waals surface area (Å²) in [5.41, 5.74) is 5.72. The number of carbonyl (C=O) groups excluding carboxylic acids is 1. The zero-order chi connectivity index (χ0) is 20.2. The highest BCUT2D eigenvalue weighted by molar-refractivity contribution is 5.94. The number of hydrazone groups is 1. The number of H-pyrrole nitrogens is 2. The molecule has 0 radical (unpaired) electrons. The SMILES string of the molecule is Cc1[nH]n(-c2ccccc2)c(=O)c1/C=N\NC(=O)c1cc(-c2ccccc2)n[nH]1. The van der Waals surface area contributed by atoms with E-state index in [1.165, 1.54) is 10.9 Å². The van der Waals surface area contributed by atoms with E-state index >= 15 is 0 Å². The molecule has 0 saturated carbocycles. The molecule has 3 N–H and O–H groups in total. The average Bonchev–Trinajstić information content (AvgIpc) is 3.36. The highest BCUT2D eigenvalue weighted by Gasteiger charge is 2.12. The molecule has 144 valence electrons. The van der Waals surface area contributed by atoms with E-state index in [9.17, 15) is 9.59 Å². The molecule has 0 aliphatic rings. The predicted octanol–water partition coefficient (Wildman–Crippen LogP) is 2.63. The van der Waals surface area contributed by atoms with E-state index in [1.54, 1.807) is 13.0 Å². The quantitative estimate of drug-likeness (QED) is 0.362. The normalized spacial score (nSPS) is 11.1. The van der Waals surface area contributed by atoms with Gasteiger partial charge in [0, 0.05) is 11.3 Å². The van der Waals surface area contributed by atoms with Crippen LogP contribution in [0.3, 0.4) is 0 Å². The fourth-order valence-corrected chi connectivity index (χ4v) is 2.88. The summed E-state index contributed by atoms with van der Waals surface area (Å²) in [6.07, 6.45) is 1.33. The number of carbonyl (C=O) groups is 1. The lowest BCUT2D eigenvalue weighted by Crippen LogP contribution is -2.20. The number of aryl methyl sites for hydroxylation is 1. The van der Waals surface area contributed by atoms with E-state index in [0.717, 1.165) is 11.3 Å². The van der Waals surface area contributed by atoms with E-state index < -0.39 is 5.91 Å². The Labute approximate surface area is 165 Å². The van der Waals surface area contributed by atoms with Gasteiger partial charge in [-0.3, -0.25) is 19.8 Å². The summed E-state index contributed by atoms with van der Waals surface area (Å²) in [7, 11) is 0. The lowest BCUT2D eigenvalue weighted by molar-refractivity contribution is 0.0950. The van der Waals surface area contributed by atoms with Crippen molar-refractivity contribution in [2.75, 3.05) is 0 Å². The number of amides is 1. The van der Waals surface area contributed by atoms with Gasteiger partial charge >= 0.3 is 0 Å². The molecule has 8 heteroatoms. The van der Waals surface area contributed by atoms with Crippen LogP contribution in [0.4, 0.5) is 0 Å². The molecule has 0 saturated heterocycles. The Morgan fingerprint density at radius 3 is 2.52 bits per heavy atom. The van der Waals surface area contributed by atoms with Crippen molar-refractivity contribution in [2.24, 2.45) is 5.10 Å². The Morgan fingerprint density at radius 2 is 1.79 bits per heavy atom. The molecule has 2 aromatic carbocycles. The van der Waals surface area contributed by atoms with E-state index in [1.807, 2.05) is 60.7 Å². The molecular formula is C21H18N6O2. The monoisotopic (exact) mass is 386 g/mol. The van der Waals surface area contributed by atoms with Gasteiger partial charge in [-0.1, -0.05) is 48.5 Å².